The van der Waals surface area contributed by atoms with Crippen molar-refractivity contribution < 1.29 is 14.7 Å². The Hall–Kier alpha value is -2.27. The number of carbonyl (C=O) groups is 2. The maximum Gasteiger partial charge on any atom is 0.312 e. The van der Waals surface area contributed by atoms with Crippen LogP contribution in [-0.4, -0.2) is 23.5 Å². The molecule has 0 saturated heterocycles. The monoisotopic (exact) mass is 353 g/mol. The second-order valence-electron chi connectivity index (χ2n) is 6.54. The highest BCUT2D eigenvalue weighted by molar-refractivity contribution is 8.03. The molecule has 0 aromatic heterocycles. The summed E-state index contributed by atoms with van der Waals surface area (Å²) in [7, 11) is 0. The highest BCUT2D eigenvalue weighted by Crippen LogP contribution is 2.48. The average Bonchev–Trinajstić information content (AvgIpc) is 3.45. The van der Waals surface area contributed by atoms with E-state index < -0.39 is 11.9 Å². The number of carboxylic acids is 1. The topological polar surface area (TPSA) is 66.4 Å². The molecule has 2 N–H and O–H groups in total. The molecule has 2 aliphatic carbocycles. The van der Waals surface area contributed by atoms with Crippen LogP contribution in [0.3, 0.4) is 0 Å². The van der Waals surface area contributed by atoms with Crippen LogP contribution in [0.5, 0.6) is 0 Å². The first-order chi connectivity index (χ1) is 12.1. The summed E-state index contributed by atoms with van der Waals surface area (Å²) in [6, 6.07) is 7.90. The van der Waals surface area contributed by atoms with Crippen molar-refractivity contribution >= 4 is 29.2 Å². The van der Waals surface area contributed by atoms with Crippen molar-refractivity contribution in [3.63, 3.8) is 0 Å². The van der Waals surface area contributed by atoms with Crippen LogP contribution in [0, 0.1) is 11.8 Å². The van der Waals surface area contributed by atoms with Crippen LogP contribution in [0.4, 0.5) is 0 Å². The molecular weight excluding hydrogens is 334 g/mol. The van der Waals surface area contributed by atoms with Gasteiger partial charge in [0.25, 0.3) is 0 Å². The lowest BCUT2D eigenvalue weighted by Gasteiger charge is -2.29. The molecule has 1 heterocycles. The van der Waals surface area contributed by atoms with Crippen molar-refractivity contribution in [2.75, 3.05) is 6.54 Å². The Bertz CT molecular complexity index is 833. The van der Waals surface area contributed by atoms with Crippen molar-refractivity contribution in [2.24, 2.45) is 11.8 Å². The molecule has 128 valence electrons. The maximum absolute atomic E-state index is 12.0. The first-order valence-electron chi connectivity index (χ1n) is 8.54. The average molecular weight is 353 g/mol. The minimum Gasteiger partial charge on any atom is -0.481 e. The van der Waals surface area contributed by atoms with Gasteiger partial charge in [-0.15, -0.1) is 0 Å². The normalized spacial score (nSPS) is 19.6. The fourth-order valence-corrected chi connectivity index (χ4v) is 4.43. The largest absolute Gasteiger partial charge is 0.481 e. The second kappa shape index (κ2) is 6.56. The number of aliphatic carboxylic acids is 1. The second-order valence-corrected chi connectivity index (χ2v) is 7.63. The number of benzene rings is 1. The van der Waals surface area contributed by atoms with Gasteiger partial charge in [0.05, 0.1) is 0 Å². The third-order valence-electron chi connectivity index (χ3n) is 4.75. The van der Waals surface area contributed by atoms with E-state index in [1.165, 1.54) is 0 Å². The van der Waals surface area contributed by atoms with Gasteiger partial charge in [-0.3, -0.25) is 9.59 Å². The van der Waals surface area contributed by atoms with Gasteiger partial charge >= 0.3 is 5.97 Å². The predicted octanol–water partition coefficient (Wildman–Crippen LogP) is 3.62. The van der Waals surface area contributed by atoms with E-state index in [1.807, 2.05) is 30.3 Å². The van der Waals surface area contributed by atoms with E-state index in [1.54, 1.807) is 11.8 Å². The summed E-state index contributed by atoms with van der Waals surface area (Å²) in [5.41, 5.74) is 2.74. The summed E-state index contributed by atoms with van der Waals surface area (Å²) < 4.78 is 0. The Morgan fingerprint density at radius 3 is 2.84 bits per heavy atom. The van der Waals surface area contributed by atoms with Gasteiger partial charge in [-0.1, -0.05) is 48.2 Å². The fraction of sp³-hybridized carbons (Fsp3) is 0.300. The zero-order valence-corrected chi connectivity index (χ0v) is 14.5. The SMILES string of the molecule is O=C(NCC(C(=O)O)C1=C2C=CCC=C2Sc2ccccc21)C1CC1. The number of rotatable bonds is 5. The summed E-state index contributed by atoms with van der Waals surface area (Å²) >= 11 is 1.68. The number of thioether (sulfide) groups is 1. The third kappa shape index (κ3) is 3.16. The van der Waals surface area contributed by atoms with Gasteiger partial charge in [0.2, 0.25) is 5.91 Å². The molecule has 0 radical (unpaired) electrons. The molecule has 3 aliphatic rings. The van der Waals surface area contributed by atoms with Gasteiger partial charge in [-0.25, -0.2) is 0 Å². The highest BCUT2D eigenvalue weighted by atomic mass is 32.2. The van der Waals surface area contributed by atoms with Crippen LogP contribution in [0.1, 0.15) is 24.8 Å². The zero-order valence-electron chi connectivity index (χ0n) is 13.7. The number of allylic oxidation sites excluding steroid dienone is 4. The molecule has 4 nitrogen and oxygen atoms in total. The Balaban J connectivity index is 1.74. The molecule has 1 unspecified atom stereocenters. The molecule has 1 aromatic carbocycles. The van der Waals surface area contributed by atoms with E-state index in [2.05, 4.69) is 17.5 Å². The minimum atomic E-state index is -0.904. The van der Waals surface area contributed by atoms with Crippen LogP contribution in [-0.2, 0) is 9.59 Å². The van der Waals surface area contributed by atoms with Crippen LogP contribution in [0.2, 0.25) is 0 Å². The van der Waals surface area contributed by atoms with Crippen molar-refractivity contribution in [3.05, 3.63) is 58.5 Å². The zero-order chi connectivity index (χ0) is 17.4. The fourth-order valence-electron chi connectivity index (χ4n) is 3.29. The molecule has 1 aliphatic heterocycles. The summed E-state index contributed by atoms with van der Waals surface area (Å²) in [6.07, 6.45) is 8.88. The van der Waals surface area contributed by atoms with Gasteiger partial charge in [0, 0.05) is 22.3 Å². The molecule has 1 atom stereocenters. The Morgan fingerprint density at radius 2 is 2.08 bits per heavy atom. The van der Waals surface area contributed by atoms with E-state index in [9.17, 15) is 14.7 Å². The van der Waals surface area contributed by atoms with Crippen molar-refractivity contribution in [1.82, 2.24) is 5.32 Å². The number of hydrogen-bond acceptors (Lipinski definition) is 3. The van der Waals surface area contributed by atoms with Gasteiger partial charge < -0.3 is 10.4 Å². The molecule has 0 bridgehead atoms. The number of hydrogen-bond donors (Lipinski definition) is 2. The summed E-state index contributed by atoms with van der Waals surface area (Å²) in [4.78, 5) is 26.2. The van der Waals surface area contributed by atoms with Gasteiger partial charge in [-0.2, -0.15) is 0 Å². The smallest absolute Gasteiger partial charge is 0.312 e. The van der Waals surface area contributed by atoms with Crippen LogP contribution >= 0.6 is 11.8 Å². The van der Waals surface area contributed by atoms with Gasteiger partial charge in [0.1, 0.15) is 5.92 Å². The van der Waals surface area contributed by atoms with E-state index in [0.717, 1.165) is 45.8 Å². The van der Waals surface area contributed by atoms with Crippen molar-refractivity contribution in [2.45, 2.75) is 24.2 Å². The Labute approximate surface area is 150 Å². The molecule has 4 rings (SSSR count). The maximum atomic E-state index is 12.0. The standard InChI is InChI=1S/C20H19NO3S/c22-19(12-9-10-12)21-11-15(20(23)24)18-13-5-1-3-7-16(13)25-17-8-4-2-6-14(17)18/h1-3,5-8,12,15H,4,9-11H2,(H,21,22)(H,23,24). The summed E-state index contributed by atoms with van der Waals surface area (Å²) in [6.45, 7) is 0.129. The molecular formula is C20H19NO3S. The first kappa shape index (κ1) is 16.2. The summed E-state index contributed by atoms with van der Waals surface area (Å²) in [5, 5.41) is 12.7. The molecule has 1 saturated carbocycles. The predicted molar refractivity (Wildman–Crippen MR) is 97.9 cm³/mol. The molecule has 0 spiro atoms. The minimum absolute atomic E-state index is 0.0229. The van der Waals surface area contributed by atoms with E-state index in [-0.39, 0.29) is 18.4 Å². The Kier molecular flexibility index (Phi) is 4.25. The number of carbonyl (C=O) groups excluding carboxylic acids is 1. The third-order valence-corrected chi connectivity index (χ3v) is 5.93. The molecule has 1 fully saturated rings. The lowest BCUT2D eigenvalue weighted by Crippen LogP contribution is -2.35. The van der Waals surface area contributed by atoms with Crippen LogP contribution < -0.4 is 5.32 Å². The molecule has 1 amide bonds. The van der Waals surface area contributed by atoms with E-state index in [4.69, 9.17) is 0 Å². The van der Waals surface area contributed by atoms with E-state index in [0.29, 0.717) is 0 Å². The Morgan fingerprint density at radius 1 is 1.28 bits per heavy atom. The van der Waals surface area contributed by atoms with Crippen molar-refractivity contribution in [1.29, 1.82) is 0 Å². The number of carboxylic acid groups (broad SMARTS) is 1. The van der Waals surface area contributed by atoms with Crippen LogP contribution in [0.25, 0.3) is 5.57 Å². The number of fused-ring (bicyclic) bond motifs is 2. The highest BCUT2D eigenvalue weighted by Gasteiger charge is 2.34. The van der Waals surface area contributed by atoms with Crippen molar-refractivity contribution in [3.8, 4) is 0 Å². The molecule has 25 heavy (non-hydrogen) atoms. The number of amides is 1. The van der Waals surface area contributed by atoms with Gasteiger partial charge in [0.15, 0.2) is 0 Å². The molecule has 1 aromatic rings. The lowest BCUT2D eigenvalue weighted by atomic mass is 9.86. The summed E-state index contributed by atoms with van der Waals surface area (Å²) in [5.74, 6) is -1.61. The quantitative estimate of drug-likeness (QED) is 0.848. The number of nitrogens with one attached hydrogen (secondary N) is 1. The first-order valence-corrected chi connectivity index (χ1v) is 9.36. The van der Waals surface area contributed by atoms with Crippen LogP contribution in [0.15, 0.2) is 57.9 Å². The molecule has 5 heteroatoms. The van der Waals surface area contributed by atoms with E-state index >= 15 is 0 Å². The van der Waals surface area contributed by atoms with Gasteiger partial charge in [-0.05, 0) is 42.0 Å². The lowest BCUT2D eigenvalue weighted by molar-refractivity contribution is -0.139.